The predicted molar refractivity (Wildman–Crippen MR) is 122 cm³/mol. The van der Waals surface area contributed by atoms with E-state index in [1.54, 1.807) is 0 Å². The standard InChI is InChI=1S/C16H8N4.2CHCl3/c1-5-17-13-11-9(1)2-6-18-14(11)16-12-10(4-8-20-16)3-7-19-15(12)13;2*2-1(3)4/h1-8H;2*1H. The van der Waals surface area contributed by atoms with Crippen molar-refractivity contribution in [2.75, 3.05) is 0 Å². The number of hydrogen-bond donors (Lipinski definition) is 0. The summed E-state index contributed by atoms with van der Waals surface area (Å²) in [5, 5.41) is 4.33. The number of alkyl halides is 6. The Balaban J connectivity index is 0.000000244. The maximum atomic E-state index is 4.81. The molecule has 4 heterocycles. The smallest absolute Gasteiger partial charge is 0.180 e. The lowest BCUT2D eigenvalue weighted by molar-refractivity contribution is 1.35. The molecule has 0 saturated heterocycles. The molecule has 0 aliphatic carbocycles. The second-order valence-corrected chi connectivity index (χ2v) is 9.29. The first-order chi connectivity index (χ1) is 13.4. The van der Waals surface area contributed by atoms with Crippen LogP contribution in [-0.2, 0) is 0 Å². The fourth-order valence-corrected chi connectivity index (χ4v) is 2.96. The van der Waals surface area contributed by atoms with Crippen LogP contribution in [-0.4, -0.2) is 28.5 Å². The zero-order valence-electron chi connectivity index (χ0n) is 13.8. The molecule has 1 aromatic carbocycles. The van der Waals surface area contributed by atoms with Crippen molar-refractivity contribution in [3.8, 4) is 0 Å². The van der Waals surface area contributed by atoms with E-state index in [-0.39, 0.29) is 0 Å². The number of aromatic nitrogens is 4. The van der Waals surface area contributed by atoms with E-state index in [0.717, 1.165) is 43.6 Å². The SMILES string of the molecule is ClC(Cl)Cl.ClC(Cl)Cl.c1cc2ccnc3c4nccc5ccnc(c(n1)c23)c54. The number of hydrogen-bond acceptors (Lipinski definition) is 4. The molecule has 10 heteroatoms. The Hall–Kier alpha value is -1.14. The van der Waals surface area contributed by atoms with Crippen LogP contribution < -0.4 is 0 Å². The zero-order valence-corrected chi connectivity index (χ0v) is 18.4. The Morgan fingerprint density at radius 2 is 0.679 bits per heavy atom. The van der Waals surface area contributed by atoms with Crippen molar-refractivity contribution in [3.05, 3.63) is 49.1 Å². The van der Waals surface area contributed by atoms with Crippen LogP contribution in [0.2, 0.25) is 0 Å². The van der Waals surface area contributed by atoms with Gasteiger partial charge >= 0.3 is 0 Å². The minimum atomic E-state index is -0.750. The molecule has 0 fully saturated rings. The van der Waals surface area contributed by atoms with E-state index in [0.29, 0.717) is 0 Å². The van der Waals surface area contributed by atoms with Crippen molar-refractivity contribution >= 4 is 113 Å². The van der Waals surface area contributed by atoms with E-state index >= 15 is 0 Å². The summed E-state index contributed by atoms with van der Waals surface area (Å²) in [6.45, 7) is 0. The van der Waals surface area contributed by atoms with Gasteiger partial charge in [-0.1, -0.05) is 69.6 Å². The molecule has 5 rings (SSSR count). The molecule has 0 aliphatic heterocycles. The number of fused-ring (bicyclic) bond motifs is 2. The van der Waals surface area contributed by atoms with Crippen LogP contribution in [0.1, 0.15) is 0 Å². The van der Waals surface area contributed by atoms with E-state index in [4.69, 9.17) is 69.6 Å². The topological polar surface area (TPSA) is 51.6 Å². The second-order valence-electron chi connectivity index (χ2n) is 5.33. The van der Waals surface area contributed by atoms with Crippen molar-refractivity contribution in [2.45, 2.75) is 8.59 Å². The van der Waals surface area contributed by atoms with Crippen molar-refractivity contribution in [2.24, 2.45) is 0 Å². The Kier molecular flexibility index (Phi) is 7.37. The molecule has 4 nitrogen and oxygen atoms in total. The Morgan fingerprint density at radius 1 is 0.464 bits per heavy atom. The average molecular weight is 495 g/mol. The van der Waals surface area contributed by atoms with Crippen molar-refractivity contribution in [3.63, 3.8) is 0 Å². The van der Waals surface area contributed by atoms with E-state index < -0.39 is 8.59 Å². The average Bonchev–Trinajstić information content (AvgIpc) is 2.65. The molecule has 0 N–H and O–H groups in total. The monoisotopic (exact) mass is 492 g/mol. The largest absolute Gasteiger partial charge is 0.254 e. The van der Waals surface area contributed by atoms with Gasteiger partial charge < -0.3 is 0 Å². The predicted octanol–water partition coefficient (Wildman–Crippen LogP) is 7.29. The molecule has 144 valence electrons. The summed E-state index contributed by atoms with van der Waals surface area (Å²) < 4.78 is -1.50. The molecule has 0 spiro atoms. The molecule has 4 aromatic heterocycles. The molecule has 0 unspecified atom stereocenters. The van der Waals surface area contributed by atoms with Gasteiger partial charge in [-0.05, 0) is 35.0 Å². The van der Waals surface area contributed by atoms with Gasteiger partial charge in [-0.25, -0.2) is 0 Å². The van der Waals surface area contributed by atoms with Gasteiger partial charge in [0.25, 0.3) is 0 Å². The Labute approximate surface area is 190 Å². The van der Waals surface area contributed by atoms with E-state index in [1.807, 2.05) is 49.1 Å². The van der Waals surface area contributed by atoms with Crippen LogP contribution in [0.15, 0.2) is 49.1 Å². The van der Waals surface area contributed by atoms with Crippen molar-refractivity contribution < 1.29 is 0 Å². The van der Waals surface area contributed by atoms with E-state index in [1.165, 1.54) is 0 Å². The summed E-state index contributed by atoms with van der Waals surface area (Å²) in [5.41, 5.74) is 3.60. The number of rotatable bonds is 0. The Bertz CT molecular complexity index is 1030. The van der Waals surface area contributed by atoms with Gasteiger partial charge in [-0.2, -0.15) is 0 Å². The van der Waals surface area contributed by atoms with Crippen LogP contribution >= 0.6 is 69.6 Å². The summed E-state index contributed by atoms with van der Waals surface area (Å²) in [6.07, 6.45) is 7.29. The summed E-state index contributed by atoms with van der Waals surface area (Å²) >= 11 is 28.8. The second kappa shape index (κ2) is 9.57. The molecule has 28 heavy (non-hydrogen) atoms. The first-order valence-electron chi connectivity index (χ1n) is 7.72. The van der Waals surface area contributed by atoms with Crippen LogP contribution in [0.5, 0.6) is 0 Å². The maximum Gasteiger partial charge on any atom is 0.180 e. The highest BCUT2D eigenvalue weighted by Gasteiger charge is 2.15. The Morgan fingerprint density at radius 3 is 0.893 bits per heavy atom. The summed E-state index contributed by atoms with van der Waals surface area (Å²) in [7, 11) is 0. The highest BCUT2D eigenvalue weighted by atomic mass is 35.6. The molecule has 0 radical (unpaired) electrons. The zero-order chi connectivity index (χ0) is 20.3. The third kappa shape index (κ3) is 4.70. The first-order valence-corrected chi connectivity index (χ1v) is 10.3. The molecule has 5 aromatic rings. The summed E-state index contributed by atoms with van der Waals surface area (Å²) in [4.78, 5) is 18.1. The third-order valence-corrected chi connectivity index (χ3v) is 3.80. The molecule has 0 amide bonds. The van der Waals surface area contributed by atoms with Gasteiger partial charge in [0.2, 0.25) is 0 Å². The van der Waals surface area contributed by atoms with E-state index in [2.05, 4.69) is 19.9 Å². The first kappa shape index (κ1) is 21.6. The number of halogens is 6. The molecular weight excluding hydrogens is 485 g/mol. The van der Waals surface area contributed by atoms with E-state index in [9.17, 15) is 0 Å². The molecular formula is C18H10Cl6N4. The summed E-state index contributed by atoms with van der Waals surface area (Å²) in [5.74, 6) is 0. The van der Waals surface area contributed by atoms with Crippen LogP contribution in [0.25, 0.3) is 43.6 Å². The number of pyridine rings is 4. The van der Waals surface area contributed by atoms with Gasteiger partial charge in [0.1, 0.15) is 0 Å². The summed E-state index contributed by atoms with van der Waals surface area (Å²) in [6, 6.07) is 7.99. The van der Waals surface area contributed by atoms with Gasteiger partial charge in [0.05, 0.1) is 22.1 Å². The minimum Gasteiger partial charge on any atom is -0.254 e. The number of nitrogens with zero attached hydrogens (tertiary/aromatic N) is 4. The fourth-order valence-electron chi connectivity index (χ4n) is 2.96. The van der Waals surface area contributed by atoms with Crippen molar-refractivity contribution in [1.29, 1.82) is 0 Å². The highest BCUT2D eigenvalue weighted by Crippen LogP contribution is 2.35. The third-order valence-electron chi connectivity index (χ3n) is 3.80. The minimum absolute atomic E-state index is 0.750. The molecule has 0 atom stereocenters. The lowest BCUT2D eigenvalue weighted by Crippen LogP contribution is -1.93. The normalized spacial score (nSPS) is 11.1. The quantitative estimate of drug-likeness (QED) is 0.129. The lowest BCUT2D eigenvalue weighted by atomic mass is 10.0. The van der Waals surface area contributed by atoms with Crippen molar-refractivity contribution in [1.82, 2.24) is 19.9 Å². The fraction of sp³-hybridized carbons (Fsp3) is 0.111. The van der Waals surface area contributed by atoms with Gasteiger partial charge in [0, 0.05) is 35.6 Å². The van der Waals surface area contributed by atoms with Crippen LogP contribution in [0.4, 0.5) is 0 Å². The van der Waals surface area contributed by atoms with Crippen LogP contribution in [0.3, 0.4) is 0 Å². The lowest BCUT2D eigenvalue weighted by Gasteiger charge is -2.10. The van der Waals surface area contributed by atoms with Gasteiger partial charge in [-0.15, -0.1) is 0 Å². The molecule has 0 bridgehead atoms. The van der Waals surface area contributed by atoms with Gasteiger partial charge in [0.15, 0.2) is 8.59 Å². The number of benzene rings is 1. The van der Waals surface area contributed by atoms with Gasteiger partial charge in [-0.3, -0.25) is 19.9 Å². The van der Waals surface area contributed by atoms with Crippen LogP contribution in [0, 0.1) is 0 Å². The molecule has 0 saturated carbocycles. The highest BCUT2D eigenvalue weighted by molar-refractivity contribution is 6.63. The maximum absolute atomic E-state index is 4.81. The molecule has 0 aliphatic rings.